The Labute approximate surface area is 159 Å². The van der Waals surface area contributed by atoms with Crippen molar-refractivity contribution in [3.63, 3.8) is 0 Å². The van der Waals surface area contributed by atoms with Crippen molar-refractivity contribution in [2.45, 2.75) is 32.9 Å². The summed E-state index contributed by atoms with van der Waals surface area (Å²) in [5.74, 6) is -0.0896. The number of pyridine rings is 1. The average molecular weight is 373 g/mol. The zero-order valence-corrected chi connectivity index (χ0v) is 16.1. The van der Waals surface area contributed by atoms with Crippen LogP contribution in [-0.4, -0.2) is 69.5 Å². The van der Waals surface area contributed by atoms with Gasteiger partial charge in [0.05, 0.1) is 5.69 Å². The van der Waals surface area contributed by atoms with Crippen molar-refractivity contribution in [3.8, 4) is 0 Å². The molecule has 2 aromatic heterocycles. The Morgan fingerprint density at radius 2 is 1.93 bits per heavy atom. The maximum Gasteiger partial charge on any atom is 0.408 e. The minimum atomic E-state index is -0.573. The third-order valence-electron chi connectivity index (χ3n) is 4.31. The molecule has 0 atom stereocenters. The van der Waals surface area contributed by atoms with E-state index in [1.807, 2.05) is 35.0 Å². The number of fused-ring (bicyclic) bond motifs is 1. The van der Waals surface area contributed by atoms with Gasteiger partial charge >= 0.3 is 6.09 Å². The first-order valence-corrected chi connectivity index (χ1v) is 9.20. The van der Waals surface area contributed by atoms with Crippen LogP contribution in [0.3, 0.4) is 0 Å². The van der Waals surface area contributed by atoms with Gasteiger partial charge in [-0.15, -0.1) is 0 Å². The van der Waals surface area contributed by atoms with Gasteiger partial charge in [0, 0.05) is 45.1 Å². The second kappa shape index (κ2) is 7.96. The highest BCUT2D eigenvalue weighted by Crippen LogP contribution is 2.10. The quantitative estimate of drug-likeness (QED) is 0.879. The molecule has 1 N–H and O–H groups in total. The van der Waals surface area contributed by atoms with Crippen molar-refractivity contribution in [1.82, 2.24) is 24.5 Å². The first-order valence-electron chi connectivity index (χ1n) is 9.20. The summed E-state index contributed by atoms with van der Waals surface area (Å²) in [5.41, 5.74) is 1.39. The highest BCUT2D eigenvalue weighted by Gasteiger charge is 2.23. The van der Waals surface area contributed by atoms with Crippen LogP contribution in [0.4, 0.5) is 4.79 Å². The lowest BCUT2D eigenvalue weighted by Gasteiger charge is -2.34. The van der Waals surface area contributed by atoms with E-state index in [1.165, 1.54) is 0 Å². The van der Waals surface area contributed by atoms with E-state index in [0.29, 0.717) is 13.1 Å². The van der Waals surface area contributed by atoms with Crippen LogP contribution in [0.5, 0.6) is 0 Å². The largest absolute Gasteiger partial charge is 0.444 e. The van der Waals surface area contributed by atoms with Crippen molar-refractivity contribution in [2.75, 3.05) is 32.7 Å². The summed E-state index contributed by atoms with van der Waals surface area (Å²) >= 11 is 0. The van der Waals surface area contributed by atoms with E-state index in [9.17, 15) is 9.59 Å². The molecule has 0 radical (unpaired) electrons. The van der Waals surface area contributed by atoms with E-state index in [1.54, 1.807) is 25.7 Å². The normalized spacial score (nSPS) is 15.7. The minimum Gasteiger partial charge on any atom is -0.444 e. The molecule has 0 aliphatic carbocycles. The fourth-order valence-electron chi connectivity index (χ4n) is 3.02. The molecule has 0 aromatic carbocycles. The van der Waals surface area contributed by atoms with E-state index in [4.69, 9.17) is 4.74 Å². The Hall–Kier alpha value is -2.61. The molecule has 3 rings (SSSR count). The third kappa shape index (κ3) is 5.43. The van der Waals surface area contributed by atoms with Crippen molar-refractivity contribution in [3.05, 3.63) is 36.3 Å². The third-order valence-corrected chi connectivity index (χ3v) is 4.31. The summed E-state index contributed by atoms with van der Waals surface area (Å²) < 4.78 is 7.16. The topological polar surface area (TPSA) is 79.2 Å². The Kier molecular flexibility index (Phi) is 5.65. The number of carbonyl (C=O) groups excluding carboxylic acids is 2. The second-order valence-electron chi connectivity index (χ2n) is 7.71. The molecule has 2 amide bonds. The molecule has 1 aliphatic rings. The Morgan fingerprint density at radius 1 is 1.19 bits per heavy atom. The summed E-state index contributed by atoms with van der Waals surface area (Å²) in [6, 6.07) is 5.94. The molecule has 146 valence electrons. The molecule has 3 heterocycles. The molecule has 0 unspecified atom stereocenters. The van der Waals surface area contributed by atoms with Crippen LogP contribution in [0.1, 0.15) is 26.5 Å². The van der Waals surface area contributed by atoms with Crippen LogP contribution in [0.25, 0.3) is 5.65 Å². The summed E-state index contributed by atoms with van der Waals surface area (Å²) in [7, 11) is 0. The van der Waals surface area contributed by atoms with Gasteiger partial charge < -0.3 is 19.4 Å². The first-order chi connectivity index (χ1) is 12.8. The van der Waals surface area contributed by atoms with Gasteiger partial charge in [-0.05, 0) is 32.9 Å². The maximum absolute atomic E-state index is 12.3. The monoisotopic (exact) mass is 373 g/mol. The fraction of sp³-hybridized carbons (Fsp3) is 0.526. The molecule has 8 nitrogen and oxygen atoms in total. The maximum atomic E-state index is 12.3. The van der Waals surface area contributed by atoms with Crippen LogP contribution in [0.2, 0.25) is 0 Å². The van der Waals surface area contributed by atoms with Gasteiger partial charge in [-0.25, -0.2) is 9.78 Å². The molecule has 1 fully saturated rings. The summed E-state index contributed by atoms with van der Waals surface area (Å²) in [5, 5.41) is 2.52. The summed E-state index contributed by atoms with van der Waals surface area (Å²) in [6.45, 7) is 8.94. The summed E-state index contributed by atoms with van der Waals surface area (Å²) in [6.07, 6.45) is 3.46. The number of ether oxygens (including phenoxy) is 1. The fourth-order valence-corrected chi connectivity index (χ4v) is 3.02. The Morgan fingerprint density at radius 3 is 2.59 bits per heavy atom. The number of amides is 2. The van der Waals surface area contributed by atoms with Gasteiger partial charge in [0.1, 0.15) is 17.8 Å². The summed E-state index contributed by atoms with van der Waals surface area (Å²) in [4.78, 5) is 32.6. The lowest BCUT2D eigenvalue weighted by molar-refractivity contribution is -0.132. The number of nitrogens with one attached hydrogen (secondary N) is 1. The molecular formula is C19H27N5O3. The number of carbonyl (C=O) groups is 2. The number of imidazole rings is 1. The number of rotatable bonds is 4. The van der Waals surface area contributed by atoms with Crippen LogP contribution < -0.4 is 5.32 Å². The van der Waals surface area contributed by atoms with E-state index in [0.717, 1.165) is 31.0 Å². The Balaban J connectivity index is 1.43. The molecule has 1 saturated heterocycles. The lowest BCUT2D eigenvalue weighted by atomic mass is 10.2. The van der Waals surface area contributed by atoms with Crippen molar-refractivity contribution in [2.24, 2.45) is 0 Å². The average Bonchev–Trinajstić information content (AvgIpc) is 3.01. The SMILES string of the molecule is CC(C)(C)OC(=O)NCC(=O)N1CCN(Cc2cn3ccccc3n2)CC1. The van der Waals surface area contributed by atoms with E-state index in [-0.39, 0.29) is 12.5 Å². The second-order valence-corrected chi connectivity index (χ2v) is 7.71. The van der Waals surface area contributed by atoms with E-state index < -0.39 is 11.7 Å². The lowest BCUT2D eigenvalue weighted by Crippen LogP contribution is -2.51. The molecule has 0 spiro atoms. The van der Waals surface area contributed by atoms with Gasteiger partial charge in [0.2, 0.25) is 5.91 Å². The predicted molar refractivity (Wildman–Crippen MR) is 101 cm³/mol. The highest BCUT2D eigenvalue weighted by molar-refractivity contribution is 5.82. The molecule has 0 bridgehead atoms. The van der Waals surface area contributed by atoms with E-state index in [2.05, 4.69) is 15.2 Å². The molecule has 27 heavy (non-hydrogen) atoms. The number of alkyl carbamates (subject to hydrolysis) is 1. The van der Waals surface area contributed by atoms with Crippen molar-refractivity contribution in [1.29, 1.82) is 0 Å². The van der Waals surface area contributed by atoms with Crippen molar-refractivity contribution >= 4 is 17.6 Å². The Bertz CT molecular complexity index is 770. The molecule has 2 aromatic rings. The van der Waals surface area contributed by atoms with Gasteiger partial charge in [-0.3, -0.25) is 9.69 Å². The molecule has 0 saturated carbocycles. The number of nitrogens with zero attached hydrogens (tertiary/aromatic N) is 4. The standard InChI is InChI=1S/C19H27N5O3/c1-19(2,3)27-18(26)20-12-17(25)23-10-8-22(9-11-23)13-15-14-24-7-5-4-6-16(24)21-15/h4-7,14H,8-13H2,1-3H3,(H,20,26). The zero-order chi connectivity index (χ0) is 19.4. The van der Waals surface area contributed by atoms with Crippen LogP contribution in [-0.2, 0) is 16.1 Å². The molecule has 1 aliphatic heterocycles. The first kappa shape index (κ1) is 19.2. The minimum absolute atomic E-state index is 0.0403. The number of hydrogen-bond donors (Lipinski definition) is 1. The molecular weight excluding hydrogens is 346 g/mol. The van der Waals surface area contributed by atoms with Crippen molar-refractivity contribution < 1.29 is 14.3 Å². The van der Waals surface area contributed by atoms with Gasteiger partial charge in [-0.1, -0.05) is 6.07 Å². The van der Waals surface area contributed by atoms with Gasteiger partial charge in [0.15, 0.2) is 0 Å². The molecule has 8 heteroatoms. The van der Waals surface area contributed by atoms with Crippen LogP contribution >= 0.6 is 0 Å². The van der Waals surface area contributed by atoms with Crippen LogP contribution in [0.15, 0.2) is 30.6 Å². The number of piperazine rings is 1. The zero-order valence-electron chi connectivity index (χ0n) is 16.1. The van der Waals surface area contributed by atoms with Crippen LogP contribution in [0, 0.1) is 0 Å². The smallest absolute Gasteiger partial charge is 0.408 e. The van der Waals surface area contributed by atoms with E-state index >= 15 is 0 Å². The highest BCUT2D eigenvalue weighted by atomic mass is 16.6. The van der Waals surface area contributed by atoms with Gasteiger partial charge in [0.25, 0.3) is 0 Å². The van der Waals surface area contributed by atoms with Gasteiger partial charge in [-0.2, -0.15) is 0 Å². The number of hydrogen-bond acceptors (Lipinski definition) is 5. The predicted octanol–water partition coefficient (Wildman–Crippen LogP) is 1.50. The number of aromatic nitrogens is 2.